The minimum atomic E-state index is 0.151. The average molecular weight is 266 g/mol. The second kappa shape index (κ2) is 4.84. The van der Waals surface area contributed by atoms with Crippen LogP contribution in [0.4, 0.5) is 0 Å². The molecule has 0 spiro atoms. The van der Waals surface area contributed by atoms with Gasteiger partial charge in [-0.1, -0.05) is 29.8 Å². The van der Waals surface area contributed by atoms with Gasteiger partial charge in [-0.3, -0.25) is 0 Å². The molecule has 2 nitrogen and oxygen atoms in total. The summed E-state index contributed by atoms with van der Waals surface area (Å²) >= 11 is 6.39. The zero-order chi connectivity index (χ0) is 12.6. The molecule has 98 valence electrons. The Kier molecular flexibility index (Phi) is 3.35. The molecule has 0 aromatic heterocycles. The summed E-state index contributed by atoms with van der Waals surface area (Å²) in [6.07, 6.45) is 4.68. The van der Waals surface area contributed by atoms with E-state index in [9.17, 15) is 0 Å². The highest BCUT2D eigenvalue weighted by Crippen LogP contribution is 2.47. The Balaban J connectivity index is 1.88. The van der Waals surface area contributed by atoms with Gasteiger partial charge in [0.15, 0.2) is 0 Å². The largest absolute Gasteiger partial charge is 0.379 e. The molecule has 3 rings (SSSR count). The first kappa shape index (κ1) is 12.5. The molecule has 1 aliphatic carbocycles. The molecule has 1 heterocycles. The minimum absolute atomic E-state index is 0.151. The molecule has 0 amide bonds. The molecule has 0 atom stereocenters. The van der Waals surface area contributed by atoms with Crippen molar-refractivity contribution in [3.05, 3.63) is 34.9 Å². The predicted molar refractivity (Wildman–Crippen MR) is 73.9 cm³/mol. The number of halogens is 1. The maximum Gasteiger partial charge on any atom is 0.0588 e. The first-order valence-corrected chi connectivity index (χ1v) is 7.18. The van der Waals surface area contributed by atoms with Crippen LogP contribution in [0.3, 0.4) is 0 Å². The lowest BCUT2D eigenvalue weighted by molar-refractivity contribution is -0.0983. The summed E-state index contributed by atoms with van der Waals surface area (Å²) in [7, 11) is 0. The van der Waals surface area contributed by atoms with Crippen LogP contribution in [0.1, 0.15) is 31.2 Å². The third-order valence-corrected chi connectivity index (χ3v) is 5.01. The van der Waals surface area contributed by atoms with Gasteiger partial charge in [0, 0.05) is 16.5 Å². The summed E-state index contributed by atoms with van der Waals surface area (Å²) in [5.41, 5.74) is 7.44. The number of nitrogens with two attached hydrogens (primary N) is 1. The molecule has 0 unspecified atom stereocenters. The topological polar surface area (TPSA) is 35.2 Å². The van der Waals surface area contributed by atoms with Crippen LogP contribution in [0.15, 0.2) is 24.3 Å². The number of hydrogen-bond acceptors (Lipinski definition) is 2. The predicted octanol–water partition coefficient (Wildman–Crippen LogP) is 3.13. The lowest BCUT2D eigenvalue weighted by Crippen LogP contribution is -2.54. The fourth-order valence-corrected chi connectivity index (χ4v) is 3.79. The minimum Gasteiger partial charge on any atom is -0.379 e. The molecule has 18 heavy (non-hydrogen) atoms. The van der Waals surface area contributed by atoms with Crippen molar-refractivity contribution in [1.82, 2.24) is 0 Å². The number of ether oxygens (including phenoxy) is 1. The first-order valence-electron chi connectivity index (χ1n) is 6.81. The van der Waals surface area contributed by atoms with Crippen molar-refractivity contribution in [2.45, 2.75) is 37.1 Å². The molecule has 1 aliphatic heterocycles. The summed E-state index contributed by atoms with van der Waals surface area (Å²) in [5.74, 6) is 0.672. The van der Waals surface area contributed by atoms with Crippen molar-refractivity contribution in [1.29, 1.82) is 0 Å². The normalized spacial score (nSPS) is 30.8. The third-order valence-electron chi connectivity index (χ3n) is 4.68. The van der Waals surface area contributed by atoms with E-state index in [4.69, 9.17) is 22.1 Å². The SMILES string of the molecule is NC1CCC(C2(c3ccccc3Cl)COC2)CC1. The highest BCUT2D eigenvalue weighted by Gasteiger charge is 2.48. The monoisotopic (exact) mass is 265 g/mol. The van der Waals surface area contributed by atoms with Gasteiger partial charge in [-0.2, -0.15) is 0 Å². The molecule has 1 saturated carbocycles. The Morgan fingerprint density at radius 2 is 1.78 bits per heavy atom. The standard InChI is InChI=1S/C15H20ClNO/c16-14-4-2-1-3-13(14)15(9-18-10-15)11-5-7-12(17)8-6-11/h1-4,11-12H,5-10,17H2. The van der Waals surface area contributed by atoms with Crippen LogP contribution in [0.2, 0.25) is 5.02 Å². The molecule has 3 heteroatoms. The Bertz CT molecular complexity index is 422. The van der Waals surface area contributed by atoms with Gasteiger partial charge in [-0.05, 0) is 43.2 Å². The zero-order valence-electron chi connectivity index (χ0n) is 10.6. The molecule has 0 bridgehead atoms. The van der Waals surface area contributed by atoms with E-state index in [1.807, 2.05) is 12.1 Å². The van der Waals surface area contributed by atoms with E-state index < -0.39 is 0 Å². The van der Waals surface area contributed by atoms with Gasteiger partial charge in [0.25, 0.3) is 0 Å². The van der Waals surface area contributed by atoms with Gasteiger partial charge >= 0.3 is 0 Å². The zero-order valence-corrected chi connectivity index (χ0v) is 11.3. The Labute approximate surface area is 113 Å². The van der Waals surface area contributed by atoms with Crippen molar-refractivity contribution in [2.75, 3.05) is 13.2 Å². The fourth-order valence-electron chi connectivity index (χ4n) is 3.47. The maximum absolute atomic E-state index is 6.39. The molecule has 2 aliphatic rings. The molecule has 2 fully saturated rings. The van der Waals surface area contributed by atoms with E-state index >= 15 is 0 Å². The molecule has 1 aromatic carbocycles. The van der Waals surface area contributed by atoms with Gasteiger partial charge in [-0.15, -0.1) is 0 Å². The van der Waals surface area contributed by atoms with Crippen LogP contribution in [0.5, 0.6) is 0 Å². The number of benzene rings is 1. The van der Waals surface area contributed by atoms with Crippen LogP contribution in [0.25, 0.3) is 0 Å². The Morgan fingerprint density at radius 3 is 2.33 bits per heavy atom. The van der Waals surface area contributed by atoms with Gasteiger partial charge in [-0.25, -0.2) is 0 Å². The fraction of sp³-hybridized carbons (Fsp3) is 0.600. The van der Waals surface area contributed by atoms with Gasteiger partial charge in [0.1, 0.15) is 0 Å². The molecule has 0 radical (unpaired) electrons. The summed E-state index contributed by atoms with van der Waals surface area (Å²) in [6.45, 7) is 1.63. The molecular weight excluding hydrogens is 246 g/mol. The van der Waals surface area contributed by atoms with Gasteiger partial charge in [0.2, 0.25) is 0 Å². The number of hydrogen-bond donors (Lipinski definition) is 1. The van der Waals surface area contributed by atoms with Crippen LogP contribution in [-0.2, 0) is 10.2 Å². The third kappa shape index (κ3) is 1.97. The van der Waals surface area contributed by atoms with Crippen molar-refractivity contribution >= 4 is 11.6 Å². The Hall–Kier alpha value is -0.570. The smallest absolute Gasteiger partial charge is 0.0588 e. The van der Waals surface area contributed by atoms with Crippen LogP contribution < -0.4 is 5.73 Å². The second-order valence-corrected chi connectivity index (χ2v) is 6.15. The average Bonchev–Trinajstić information content (AvgIpc) is 2.32. The van der Waals surface area contributed by atoms with Crippen LogP contribution >= 0.6 is 11.6 Å². The Morgan fingerprint density at radius 1 is 1.11 bits per heavy atom. The highest BCUT2D eigenvalue weighted by atomic mass is 35.5. The maximum atomic E-state index is 6.39. The van der Waals surface area contributed by atoms with E-state index in [-0.39, 0.29) is 5.41 Å². The lowest BCUT2D eigenvalue weighted by atomic mass is 9.63. The molecular formula is C15H20ClNO. The second-order valence-electron chi connectivity index (χ2n) is 5.74. The van der Waals surface area contributed by atoms with E-state index in [1.54, 1.807) is 0 Å². The van der Waals surface area contributed by atoms with Crippen LogP contribution in [0, 0.1) is 5.92 Å². The van der Waals surface area contributed by atoms with E-state index in [1.165, 1.54) is 18.4 Å². The van der Waals surface area contributed by atoms with Gasteiger partial charge < -0.3 is 10.5 Å². The van der Waals surface area contributed by atoms with Crippen molar-refractivity contribution < 1.29 is 4.74 Å². The van der Waals surface area contributed by atoms with E-state index in [0.717, 1.165) is 31.1 Å². The summed E-state index contributed by atoms with van der Waals surface area (Å²) in [6, 6.07) is 8.63. The lowest BCUT2D eigenvalue weighted by Gasteiger charge is -2.50. The molecule has 2 N–H and O–H groups in total. The van der Waals surface area contributed by atoms with Crippen LogP contribution in [-0.4, -0.2) is 19.3 Å². The van der Waals surface area contributed by atoms with Crippen molar-refractivity contribution in [3.8, 4) is 0 Å². The van der Waals surface area contributed by atoms with Gasteiger partial charge in [0.05, 0.1) is 13.2 Å². The number of rotatable bonds is 2. The highest BCUT2D eigenvalue weighted by molar-refractivity contribution is 6.31. The van der Waals surface area contributed by atoms with E-state index in [0.29, 0.717) is 12.0 Å². The summed E-state index contributed by atoms with van der Waals surface area (Å²) in [5, 5.41) is 0.885. The summed E-state index contributed by atoms with van der Waals surface area (Å²) in [4.78, 5) is 0. The van der Waals surface area contributed by atoms with Crippen molar-refractivity contribution in [3.63, 3.8) is 0 Å². The van der Waals surface area contributed by atoms with E-state index in [2.05, 4.69) is 12.1 Å². The first-order chi connectivity index (χ1) is 8.72. The molecule has 1 aromatic rings. The quantitative estimate of drug-likeness (QED) is 0.892. The van der Waals surface area contributed by atoms with Crippen molar-refractivity contribution in [2.24, 2.45) is 11.7 Å². The molecule has 1 saturated heterocycles. The summed E-state index contributed by atoms with van der Waals surface area (Å²) < 4.78 is 5.54.